The number of hydrogen-bond acceptors (Lipinski definition) is 7. The van der Waals surface area contributed by atoms with Gasteiger partial charge in [-0.05, 0) is 47.7 Å². The number of thiol groups is 2. The van der Waals surface area contributed by atoms with E-state index in [2.05, 4.69) is 34.0 Å². The van der Waals surface area contributed by atoms with Crippen LogP contribution in [0.4, 0.5) is 24.5 Å². The lowest BCUT2D eigenvalue weighted by Gasteiger charge is -2.31. The fraction of sp³-hybridized carbons (Fsp3) is 0.321. The fourth-order valence-electron chi connectivity index (χ4n) is 4.73. The van der Waals surface area contributed by atoms with Crippen molar-refractivity contribution in [2.24, 2.45) is 0 Å². The minimum Gasteiger partial charge on any atom is -0.423 e. The summed E-state index contributed by atoms with van der Waals surface area (Å²) in [5.41, 5.74) is 2.61. The number of fused-ring (bicyclic) bond motifs is 2. The quantitative estimate of drug-likeness (QED) is 0.159. The molecular weight excluding hydrogens is 580 g/mol. The summed E-state index contributed by atoms with van der Waals surface area (Å²) in [6.45, 7) is 4.29. The summed E-state index contributed by atoms with van der Waals surface area (Å²) in [5.74, 6) is -2.27. The Labute approximate surface area is 242 Å². The molecule has 40 heavy (non-hydrogen) atoms. The van der Waals surface area contributed by atoms with Crippen LogP contribution in [0.5, 0.6) is 11.5 Å². The second kappa shape index (κ2) is 10.5. The van der Waals surface area contributed by atoms with Gasteiger partial charge >= 0.3 is 6.04 Å². The van der Waals surface area contributed by atoms with Gasteiger partial charge in [0.1, 0.15) is 0 Å². The second-order valence-electron chi connectivity index (χ2n) is 9.93. The Kier molecular flexibility index (Phi) is 7.56. The van der Waals surface area contributed by atoms with Crippen molar-refractivity contribution in [1.29, 1.82) is 0 Å². The average molecular weight is 610 g/mol. The number of carbonyl (C=O) groups excluding carboxylic acids is 1. The van der Waals surface area contributed by atoms with E-state index in [0.29, 0.717) is 29.0 Å². The van der Waals surface area contributed by atoms with Gasteiger partial charge < -0.3 is 25.0 Å². The van der Waals surface area contributed by atoms with Gasteiger partial charge in [-0.1, -0.05) is 31.2 Å². The van der Waals surface area contributed by atoms with E-state index in [1.807, 2.05) is 31.2 Å². The zero-order chi connectivity index (χ0) is 28.9. The number of benzene rings is 3. The molecule has 2 atom stereocenters. The highest BCUT2D eigenvalue weighted by Gasteiger charge is 2.45. The first-order valence-electron chi connectivity index (χ1n) is 12.6. The predicted molar refractivity (Wildman–Crippen MR) is 160 cm³/mol. The number of alkyl halides is 3. The SMILES string of the molecule is CCS(S)(S)c1ccc(CNC(=O)c2ccc3c(c2)NC(C(C)(F)F)N3Cc2cccc3c2OC(C)(F)O3)cc1. The predicted octanol–water partition coefficient (Wildman–Crippen LogP) is 7.32. The summed E-state index contributed by atoms with van der Waals surface area (Å²) in [6.07, 6.45) is -1.40. The van der Waals surface area contributed by atoms with Crippen molar-refractivity contribution in [3.05, 3.63) is 77.4 Å². The fourth-order valence-corrected chi connectivity index (χ4v) is 6.36. The van der Waals surface area contributed by atoms with Crippen LogP contribution in [0, 0.1) is 0 Å². The number of ether oxygens (including phenoxy) is 2. The first kappa shape index (κ1) is 28.7. The molecule has 5 rings (SSSR count). The molecule has 0 aromatic heterocycles. The van der Waals surface area contributed by atoms with Crippen LogP contribution in [-0.4, -0.2) is 29.8 Å². The Hall–Kier alpha value is -2.83. The topological polar surface area (TPSA) is 62.8 Å². The molecule has 0 fully saturated rings. The molecule has 0 radical (unpaired) electrons. The monoisotopic (exact) mass is 609 g/mol. The normalized spacial score (nSPS) is 20.2. The first-order valence-corrected chi connectivity index (χ1v) is 16.5. The lowest BCUT2D eigenvalue weighted by Crippen LogP contribution is -2.47. The molecule has 6 nitrogen and oxygen atoms in total. The highest BCUT2D eigenvalue weighted by Crippen LogP contribution is 2.63. The Bertz CT molecular complexity index is 1430. The molecule has 0 aliphatic carbocycles. The maximum atomic E-state index is 14.7. The molecule has 0 spiro atoms. The molecule has 0 saturated carbocycles. The van der Waals surface area contributed by atoms with Crippen LogP contribution >= 0.6 is 31.4 Å². The van der Waals surface area contributed by atoms with Crippen molar-refractivity contribution < 1.29 is 27.4 Å². The molecule has 3 aromatic rings. The maximum absolute atomic E-state index is 14.7. The third-order valence-electron chi connectivity index (χ3n) is 6.79. The van der Waals surface area contributed by atoms with E-state index >= 15 is 0 Å². The molecule has 3 aromatic carbocycles. The van der Waals surface area contributed by atoms with Crippen LogP contribution in [0.1, 0.15) is 42.3 Å². The number of rotatable bonds is 8. The van der Waals surface area contributed by atoms with Crippen molar-refractivity contribution in [3.8, 4) is 11.5 Å². The summed E-state index contributed by atoms with van der Waals surface area (Å²) < 4.78 is 54.3. The summed E-state index contributed by atoms with van der Waals surface area (Å²) in [4.78, 5) is 15.5. The average Bonchev–Trinajstić information content (AvgIpc) is 3.43. The number of nitrogens with one attached hydrogen (secondary N) is 2. The summed E-state index contributed by atoms with van der Waals surface area (Å²) >= 11 is 9.30. The number of nitrogens with zero attached hydrogens (tertiary/aromatic N) is 1. The third kappa shape index (κ3) is 5.80. The van der Waals surface area contributed by atoms with Gasteiger partial charge in [-0.2, -0.15) is 4.39 Å². The van der Waals surface area contributed by atoms with E-state index in [1.54, 1.807) is 36.4 Å². The summed E-state index contributed by atoms with van der Waals surface area (Å²) in [5, 5.41) is 5.74. The van der Waals surface area contributed by atoms with E-state index in [-0.39, 0.29) is 24.0 Å². The first-order chi connectivity index (χ1) is 18.8. The van der Waals surface area contributed by atoms with Crippen molar-refractivity contribution in [2.45, 2.75) is 56.9 Å². The Morgan fingerprint density at radius 2 is 1.88 bits per heavy atom. The van der Waals surface area contributed by atoms with Gasteiger partial charge in [0.05, 0.1) is 11.4 Å². The lowest BCUT2D eigenvalue weighted by molar-refractivity contribution is -0.173. The largest absolute Gasteiger partial charge is 0.423 e. The van der Waals surface area contributed by atoms with Crippen LogP contribution in [0.25, 0.3) is 0 Å². The van der Waals surface area contributed by atoms with Gasteiger partial charge in [0.2, 0.25) is 0 Å². The zero-order valence-corrected chi connectivity index (χ0v) is 24.7. The van der Waals surface area contributed by atoms with Crippen LogP contribution < -0.4 is 25.0 Å². The minimum atomic E-state index is -3.14. The molecule has 2 aliphatic heterocycles. The zero-order valence-electron chi connectivity index (χ0n) is 22.1. The second-order valence-corrected chi connectivity index (χ2v) is 16.9. The Morgan fingerprint density at radius 3 is 2.55 bits per heavy atom. The van der Waals surface area contributed by atoms with Crippen molar-refractivity contribution in [2.75, 3.05) is 16.0 Å². The number of hydrogen-bond donors (Lipinski definition) is 4. The van der Waals surface area contributed by atoms with Gasteiger partial charge in [-0.15, -0.1) is 31.4 Å². The van der Waals surface area contributed by atoms with E-state index in [4.69, 9.17) is 9.47 Å². The van der Waals surface area contributed by atoms with Crippen molar-refractivity contribution >= 4 is 48.7 Å². The van der Waals surface area contributed by atoms with E-state index < -0.39 is 26.2 Å². The molecule has 214 valence electrons. The van der Waals surface area contributed by atoms with Gasteiger partial charge in [0.25, 0.3) is 11.8 Å². The standard InChI is InChI=1S/C28H30F3N3O3S3/c1-4-40(38,39)20-11-8-17(9-12-20)15-32-25(35)18-10-13-22-21(14-18)33-26(27(2,29)30)34(22)16-19-6-5-7-23-24(19)37-28(3,31)36-23/h5-14,26,33,38-39H,4,15-16H2,1-3H3,(H,32,35). The third-order valence-corrected chi connectivity index (χ3v) is 11.4. The Balaban J connectivity index is 1.33. The molecular formula is C28H30F3N3O3S3. The highest BCUT2D eigenvalue weighted by atomic mass is 33.5. The molecule has 2 unspecified atom stereocenters. The van der Waals surface area contributed by atoms with E-state index in [9.17, 15) is 18.0 Å². The molecule has 12 heteroatoms. The Morgan fingerprint density at radius 1 is 1.15 bits per heavy atom. The summed E-state index contributed by atoms with van der Waals surface area (Å²) in [7, 11) is -1.44. The van der Waals surface area contributed by atoms with Crippen LogP contribution in [0.3, 0.4) is 0 Å². The molecule has 0 saturated heterocycles. The molecule has 2 N–H and O–H groups in total. The van der Waals surface area contributed by atoms with Crippen molar-refractivity contribution in [1.82, 2.24) is 5.32 Å². The molecule has 0 bridgehead atoms. The minimum absolute atomic E-state index is 0.00213. The van der Waals surface area contributed by atoms with Gasteiger partial charge in [-0.3, -0.25) is 4.79 Å². The number of amides is 1. The highest BCUT2D eigenvalue weighted by molar-refractivity contribution is 9.17. The van der Waals surface area contributed by atoms with Crippen LogP contribution in [0.15, 0.2) is 65.6 Å². The lowest BCUT2D eigenvalue weighted by atomic mass is 10.1. The number of para-hydroxylation sites is 1. The molecule has 2 aliphatic rings. The van der Waals surface area contributed by atoms with E-state index in [0.717, 1.165) is 30.1 Å². The van der Waals surface area contributed by atoms with E-state index in [1.165, 1.54) is 4.90 Å². The number of anilines is 2. The summed E-state index contributed by atoms with van der Waals surface area (Å²) in [6, 6.07) is 15.1. The number of halogens is 3. The smallest absolute Gasteiger partial charge is 0.404 e. The van der Waals surface area contributed by atoms with Crippen LogP contribution in [-0.2, 0) is 13.1 Å². The van der Waals surface area contributed by atoms with Crippen molar-refractivity contribution in [3.63, 3.8) is 0 Å². The van der Waals surface area contributed by atoms with Gasteiger partial charge in [0.15, 0.2) is 17.7 Å². The van der Waals surface area contributed by atoms with Crippen LogP contribution in [0.2, 0.25) is 0 Å². The van der Waals surface area contributed by atoms with Gasteiger partial charge in [0, 0.05) is 43.0 Å². The number of carbonyl (C=O) groups is 1. The van der Waals surface area contributed by atoms with Gasteiger partial charge in [-0.25, -0.2) is 8.78 Å². The molecule has 1 amide bonds. The maximum Gasteiger partial charge on any atom is 0.404 e. The molecule has 2 heterocycles.